The zero-order valence-corrected chi connectivity index (χ0v) is 14.2. The molecule has 0 bridgehead atoms. The summed E-state index contributed by atoms with van der Waals surface area (Å²) >= 11 is 0. The van der Waals surface area contributed by atoms with Crippen LogP contribution in [-0.4, -0.2) is 32.2 Å². The number of aromatic nitrogens is 4. The van der Waals surface area contributed by atoms with E-state index < -0.39 is 0 Å². The van der Waals surface area contributed by atoms with Crippen molar-refractivity contribution in [3.05, 3.63) is 47.4 Å². The Morgan fingerprint density at radius 3 is 3.08 bits per heavy atom. The molecule has 3 aromatic heterocycles. The fourth-order valence-electron chi connectivity index (χ4n) is 3.47. The summed E-state index contributed by atoms with van der Waals surface area (Å²) in [5.41, 5.74) is 2.44. The van der Waals surface area contributed by atoms with Crippen molar-refractivity contribution in [3.8, 4) is 0 Å². The molecule has 0 aromatic carbocycles. The van der Waals surface area contributed by atoms with Crippen molar-refractivity contribution in [2.24, 2.45) is 0 Å². The average molecular weight is 339 g/mol. The predicted molar refractivity (Wildman–Crippen MR) is 91.5 cm³/mol. The van der Waals surface area contributed by atoms with Crippen LogP contribution in [0.4, 0.5) is 0 Å². The van der Waals surface area contributed by atoms with Crippen LogP contribution in [-0.2, 0) is 6.42 Å². The van der Waals surface area contributed by atoms with E-state index >= 15 is 0 Å². The van der Waals surface area contributed by atoms with Gasteiger partial charge < -0.3 is 9.84 Å². The maximum atomic E-state index is 12.4. The lowest BCUT2D eigenvalue weighted by molar-refractivity contribution is 0.0955. The summed E-state index contributed by atoms with van der Waals surface area (Å²) in [4.78, 5) is 16.9. The highest BCUT2D eigenvalue weighted by Crippen LogP contribution is 2.32. The first-order valence-corrected chi connectivity index (χ1v) is 8.76. The quantitative estimate of drug-likeness (QED) is 0.772. The van der Waals surface area contributed by atoms with Gasteiger partial charge in [0.2, 0.25) is 5.89 Å². The molecule has 0 radical (unpaired) electrons. The van der Waals surface area contributed by atoms with Crippen molar-refractivity contribution in [2.75, 3.05) is 6.54 Å². The fourth-order valence-corrected chi connectivity index (χ4v) is 3.47. The van der Waals surface area contributed by atoms with Gasteiger partial charge in [0.1, 0.15) is 0 Å². The highest BCUT2D eigenvalue weighted by molar-refractivity contribution is 6.01. The summed E-state index contributed by atoms with van der Waals surface area (Å²) in [6, 6.07) is 3.88. The number of nitrogens with zero attached hydrogens (tertiary/aromatic N) is 4. The molecule has 4 rings (SSSR count). The Kier molecular flexibility index (Phi) is 4.21. The summed E-state index contributed by atoms with van der Waals surface area (Å²) in [5.74, 6) is 1.68. The van der Waals surface area contributed by atoms with Crippen LogP contribution >= 0.6 is 0 Å². The molecule has 1 aliphatic rings. The molecular weight excluding hydrogens is 318 g/mol. The van der Waals surface area contributed by atoms with Gasteiger partial charge in [0.25, 0.3) is 5.91 Å². The number of pyridine rings is 1. The zero-order valence-electron chi connectivity index (χ0n) is 14.2. The second kappa shape index (κ2) is 6.66. The molecule has 7 heteroatoms. The van der Waals surface area contributed by atoms with Crippen molar-refractivity contribution < 1.29 is 9.32 Å². The first kappa shape index (κ1) is 15.8. The van der Waals surface area contributed by atoms with Gasteiger partial charge in [-0.3, -0.25) is 4.79 Å². The van der Waals surface area contributed by atoms with Crippen molar-refractivity contribution in [1.29, 1.82) is 0 Å². The number of amides is 1. The van der Waals surface area contributed by atoms with Crippen LogP contribution < -0.4 is 5.32 Å². The molecule has 0 unspecified atom stereocenters. The SMILES string of the molecule is Cc1cccn2ncc(C(=O)NCCc3noc(C4CCCC4)n3)c12. The molecular formula is C18H21N5O2. The number of fused-ring (bicyclic) bond motifs is 1. The van der Waals surface area contributed by atoms with Crippen LogP contribution in [0, 0.1) is 6.92 Å². The molecule has 130 valence electrons. The van der Waals surface area contributed by atoms with E-state index in [9.17, 15) is 4.79 Å². The van der Waals surface area contributed by atoms with E-state index in [1.165, 1.54) is 12.8 Å². The molecule has 1 saturated carbocycles. The Labute approximate surface area is 145 Å². The lowest BCUT2D eigenvalue weighted by Crippen LogP contribution is -2.26. The van der Waals surface area contributed by atoms with Crippen molar-refractivity contribution in [2.45, 2.75) is 44.9 Å². The second-order valence-corrected chi connectivity index (χ2v) is 6.58. The van der Waals surface area contributed by atoms with E-state index in [-0.39, 0.29) is 5.91 Å². The summed E-state index contributed by atoms with van der Waals surface area (Å²) in [6.45, 7) is 2.43. The Bertz CT molecular complexity index is 892. The van der Waals surface area contributed by atoms with E-state index in [1.807, 2.05) is 25.3 Å². The van der Waals surface area contributed by atoms with E-state index in [0.29, 0.717) is 30.3 Å². The Hall–Kier alpha value is -2.70. The number of hydrogen-bond donors (Lipinski definition) is 1. The van der Waals surface area contributed by atoms with E-state index in [0.717, 1.165) is 29.8 Å². The van der Waals surface area contributed by atoms with Crippen LogP contribution in [0.3, 0.4) is 0 Å². The van der Waals surface area contributed by atoms with Crippen LogP contribution in [0.25, 0.3) is 5.52 Å². The van der Waals surface area contributed by atoms with Gasteiger partial charge in [0, 0.05) is 25.1 Å². The Morgan fingerprint density at radius 2 is 2.24 bits per heavy atom. The number of carbonyl (C=O) groups excluding carboxylic acids is 1. The third-order valence-electron chi connectivity index (χ3n) is 4.81. The summed E-state index contributed by atoms with van der Waals surface area (Å²) in [6.07, 6.45) is 8.72. The molecule has 0 aliphatic heterocycles. The third-order valence-corrected chi connectivity index (χ3v) is 4.81. The van der Waals surface area contributed by atoms with Crippen molar-refractivity contribution in [3.63, 3.8) is 0 Å². The Morgan fingerprint density at radius 1 is 1.40 bits per heavy atom. The maximum absolute atomic E-state index is 12.4. The second-order valence-electron chi connectivity index (χ2n) is 6.58. The van der Waals surface area contributed by atoms with Crippen LogP contribution in [0.1, 0.15) is 59.2 Å². The molecule has 1 amide bonds. The number of rotatable bonds is 5. The maximum Gasteiger partial charge on any atom is 0.255 e. The first-order valence-electron chi connectivity index (χ1n) is 8.76. The van der Waals surface area contributed by atoms with Gasteiger partial charge in [-0.05, 0) is 31.4 Å². The van der Waals surface area contributed by atoms with E-state index in [4.69, 9.17) is 4.52 Å². The predicted octanol–water partition coefficient (Wildman–Crippen LogP) is 2.66. The molecule has 0 spiro atoms. The standard InChI is InChI=1S/C18H21N5O2/c1-12-5-4-10-23-16(12)14(11-20-23)17(24)19-9-8-15-21-18(25-22-15)13-6-2-3-7-13/h4-5,10-11,13H,2-3,6-9H2,1H3,(H,19,24). The largest absolute Gasteiger partial charge is 0.351 e. The summed E-state index contributed by atoms with van der Waals surface area (Å²) in [7, 11) is 0. The molecule has 0 atom stereocenters. The molecule has 7 nitrogen and oxygen atoms in total. The lowest BCUT2D eigenvalue weighted by Gasteiger charge is -2.04. The van der Waals surface area contributed by atoms with Gasteiger partial charge in [-0.25, -0.2) is 4.52 Å². The van der Waals surface area contributed by atoms with Gasteiger partial charge in [-0.1, -0.05) is 24.1 Å². The number of nitrogens with one attached hydrogen (secondary N) is 1. The molecule has 3 aromatic rings. The Balaban J connectivity index is 1.37. The van der Waals surface area contributed by atoms with Gasteiger partial charge in [-0.2, -0.15) is 10.1 Å². The van der Waals surface area contributed by atoms with Crippen molar-refractivity contribution in [1.82, 2.24) is 25.1 Å². The molecule has 3 heterocycles. The molecule has 1 fully saturated rings. The van der Waals surface area contributed by atoms with Crippen LogP contribution in [0.5, 0.6) is 0 Å². The minimum atomic E-state index is -0.135. The number of carbonyl (C=O) groups is 1. The van der Waals surface area contributed by atoms with Crippen molar-refractivity contribution >= 4 is 11.4 Å². The normalized spacial score (nSPS) is 15.1. The average Bonchev–Trinajstić information content (AvgIpc) is 3.35. The van der Waals surface area contributed by atoms with Gasteiger partial charge in [0.05, 0.1) is 17.3 Å². The van der Waals surface area contributed by atoms with E-state index in [2.05, 4.69) is 20.6 Å². The molecule has 0 saturated heterocycles. The van der Waals surface area contributed by atoms with Gasteiger partial charge in [0.15, 0.2) is 5.82 Å². The minimum absolute atomic E-state index is 0.135. The first-order chi connectivity index (χ1) is 12.2. The molecule has 1 aliphatic carbocycles. The zero-order chi connectivity index (χ0) is 17.2. The smallest absolute Gasteiger partial charge is 0.255 e. The molecule has 25 heavy (non-hydrogen) atoms. The number of hydrogen-bond acceptors (Lipinski definition) is 5. The highest BCUT2D eigenvalue weighted by Gasteiger charge is 2.23. The van der Waals surface area contributed by atoms with E-state index in [1.54, 1.807) is 10.7 Å². The molecule has 1 N–H and O–H groups in total. The summed E-state index contributed by atoms with van der Waals surface area (Å²) in [5, 5.41) is 11.2. The third kappa shape index (κ3) is 3.14. The van der Waals surface area contributed by atoms with Crippen LogP contribution in [0.2, 0.25) is 0 Å². The van der Waals surface area contributed by atoms with Crippen LogP contribution in [0.15, 0.2) is 29.0 Å². The number of aryl methyl sites for hydroxylation is 1. The topological polar surface area (TPSA) is 85.3 Å². The minimum Gasteiger partial charge on any atom is -0.351 e. The summed E-state index contributed by atoms with van der Waals surface area (Å²) < 4.78 is 7.08. The monoisotopic (exact) mass is 339 g/mol. The lowest BCUT2D eigenvalue weighted by atomic mass is 10.1. The van der Waals surface area contributed by atoms with Gasteiger partial charge >= 0.3 is 0 Å². The highest BCUT2D eigenvalue weighted by atomic mass is 16.5. The van der Waals surface area contributed by atoms with Gasteiger partial charge in [-0.15, -0.1) is 0 Å². The fraction of sp³-hybridized carbons (Fsp3) is 0.444.